The Bertz CT molecular complexity index is 1280. The Kier molecular flexibility index (Phi) is 6.95. The summed E-state index contributed by atoms with van der Waals surface area (Å²) in [5.74, 6) is 2.23. The van der Waals surface area contributed by atoms with E-state index in [0.717, 1.165) is 17.1 Å². The number of hydrogen-bond acceptors (Lipinski definition) is 8. The van der Waals surface area contributed by atoms with E-state index in [1.807, 2.05) is 35.7 Å². The molecule has 4 heterocycles. The summed E-state index contributed by atoms with van der Waals surface area (Å²) in [5.41, 5.74) is 0. The number of thioether (sulfide) groups is 1. The lowest BCUT2D eigenvalue weighted by Gasteiger charge is -2.28. The molecular weight excluding hydrogens is 525 g/mol. The van der Waals surface area contributed by atoms with E-state index in [1.54, 1.807) is 4.90 Å². The van der Waals surface area contributed by atoms with Crippen LogP contribution in [-0.2, 0) is 26.0 Å². The third kappa shape index (κ3) is 5.58. The first-order chi connectivity index (χ1) is 16.7. The van der Waals surface area contributed by atoms with Crippen molar-refractivity contribution in [3.8, 4) is 0 Å². The summed E-state index contributed by atoms with van der Waals surface area (Å²) in [7, 11) is -3.17. The highest BCUT2D eigenvalue weighted by molar-refractivity contribution is 8.26. The van der Waals surface area contributed by atoms with E-state index in [-0.39, 0.29) is 42.8 Å². The minimum absolute atomic E-state index is 0.0451. The highest BCUT2D eigenvalue weighted by Crippen LogP contribution is 2.47. The minimum atomic E-state index is -3.17. The van der Waals surface area contributed by atoms with Crippen LogP contribution in [0.3, 0.4) is 0 Å². The topological polar surface area (TPSA) is 87.9 Å². The van der Waals surface area contributed by atoms with Crippen molar-refractivity contribution in [3.05, 3.63) is 50.9 Å². The molecule has 1 saturated carbocycles. The molecule has 7 nitrogen and oxygen atoms in total. The maximum atomic E-state index is 13.3. The summed E-state index contributed by atoms with van der Waals surface area (Å²) in [6, 6.07) is 7.28. The highest BCUT2D eigenvalue weighted by atomic mass is 32.2. The molecule has 2 aliphatic heterocycles. The number of amides is 2. The van der Waals surface area contributed by atoms with Gasteiger partial charge in [-0.25, -0.2) is 8.42 Å². The third-order valence-electron chi connectivity index (χ3n) is 6.69. The Balaban J connectivity index is 1.27. The fourth-order valence-electron chi connectivity index (χ4n) is 4.55. The van der Waals surface area contributed by atoms with Gasteiger partial charge in [-0.05, 0) is 48.4 Å². The summed E-state index contributed by atoms with van der Waals surface area (Å²) < 4.78 is 30.7. The molecule has 3 aliphatic rings. The summed E-state index contributed by atoms with van der Waals surface area (Å²) in [6.07, 6.45) is 3.38. The summed E-state index contributed by atoms with van der Waals surface area (Å²) in [6.45, 7) is 2.55. The fraction of sp³-hybridized carbons (Fsp3) is 0.458. The summed E-state index contributed by atoms with van der Waals surface area (Å²) in [5, 5.41) is 1.94. The van der Waals surface area contributed by atoms with E-state index >= 15 is 0 Å². The van der Waals surface area contributed by atoms with E-state index in [4.69, 9.17) is 16.6 Å². The Labute approximate surface area is 218 Å². The van der Waals surface area contributed by atoms with E-state index in [0.29, 0.717) is 33.2 Å². The molecule has 35 heavy (non-hydrogen) atoms. The molecule has 3 fully saturated rings. The standard InChI is InChI=1S/C24H26N2O5S4/c1-15-11-19(15)20-5-4-17(31-20)13-26(16-7-10-35(29,30)14-16)22(27)6-8-25-23(28)21(34-24(25)32)12-18-3-2-9-33-18/h2-5,9,12,15-16,19H,6-8,10-11,13-14H2,1H3/b21-12-. The first-order valence-corrected chi connectivity index (χ1v) is 15.5. The van der Waals surface area contributed by atoms with Gasteiger partial charge in [-0.15, -0.1) is 11.3 Å². The van der Waals surface area contributed by atoms with Gasteiger partial charge in [0.1, 0.15) is 15.8 Å². The van der Waals surface area contributed by atoms with E-state index in [9.17, 15) is 18.0 Å². The molecule has 3 unspecified atom stereocenters. The molecule has 0 spiro atoms. The van der Waals surface area contributed by atoms with Crippen molar-refractivity contribution in [3.63, 3.8) is 0 Å². The number of sulfone groups is 1. The van der Waals surface area contributed by atoms with Gasteiger partial charge in [-0.3, -0.25) is 14.5 Å². The largest absolute Gasteiger partial charge is 0.464 e. The summed E-state index contributed by atoms with van der Waals surface area (Å²) >= 11 is 8.18. The predicted octanol–water partition coefficient (Wildman–Crippen LogP) is 4.27. The molecule has 1 aliphatic carbocycles. The molecule has 11 heteroatoms. The number of thiocarbonyl (C=S) groups is 1. The molecule has 2 amide bonds. The van der Waals surface area contributed by atoms with Gasteiger partial charge >= 0.3 is 0 Å². The second-order valence-corrected chi connectivity index (χ2v) is 14.2. The fourth-order valence-corrected chi connectivity index (χ4v) is 8.32. The first kappa shape index (κ1) is 24.7. The highest BCUT2D eigenvalue weighted by Gasteiger charge is 2.39. The van der Waals surface area contributed by atoms with Crippen LogP contribution < -0.4 is 0 Å². The molecule has 2 saturated heterocycles. The number of rotatable bonds is 8. The maximum absolute atomic E-state index is 13.3. The number of hydrogen-bond donors (Lipinski definition) is 0. The SMILES string of the molecule is CC1CC1c1ccc(CN(C(=O)CCN2C(=O)/C(=C/c3cccs3)SC2=S)C2CCS(=O)(=O)C2)o1. The Morgan fingerprint density at radius 3 is 2.80 bits per heavy atom. The van der Waals surface area contributed by atoms with Crippen LogP contribution in [-0.4, -0.2) is 58.4 Å². The molecule has 186 valence electrons. The molecular formula is C24H26N2O5S4. The first-order valence-electron chi connectivity index (χ1n) is 11.6. The molecule has 0 radical (unpaired) electrons. The van der Waals surface area contributed by atoms with Gasteiger partial charge in [0.05, 0.1) is 23.0 Å². The van der Waals surface area contributed by atoms with Crippen molar-refractivity contribution in [1.82, 2.24) is 9.80 Å². The number of nitrogens with zero attached hydrogens (tertiary/aromatic N) is 2. The van der Waals surface area contributed by atoms with Crippen LogP contribution in [0.25, 0.3) is 6.08 Å². The average molecular weight is 551 g/mol. The van der Waals surface area contributed by atoms with Crippen molar-refractivity contribution >= 4 is 67.4 Å². The smallest absolute Gasteiger partial charge is 0.266 e. The zero-order chi connectivity index (χ0) is 24.7. The van der Waals surface area contributed by atoms with Crippen molar-refractivity contribution < 1.29 is 22.4 Å². The van der Waals surface area contributed by atoms with Crippen molar-refractivity contribution in [1.29, 1.82) is 0 Å². The molecule has 3 atom stereocenters. The van der Waals surface area contributed by atoms with Gasteiger partial charge in [0, 0.05) is 29.8 Å². The molecule has 0 bridgehead atoms. The van der Waals surface area contributed by atoms with Crippen LogP contribution in [0.2, 0.25) is 0 Å². The second kappa shape index (κ2) is 9.84. The molecule has 5 rings (SSSR count). The summed E-state index contributed by atoms with van der Waals surface area (Å²) in [4.78, 5) is 30.8. The number of furan rings is 1. The van der Waals surface area contributed by atoms with Crippen molar-refractivity contribution in [2.24, 2.45) is 5.92 Å². The van der Waals surface area contributed by atoms with Crippen LogP contribution in [0.1, 0.15) is 48.5 Å². The quantitative estimate of drug-likeness (QED) is 0.358. The monoisotopic (exact) mass is 550 g/mol. The maximum Gasteiger partial charge on any atom is 0.266 e. The van der Waals surface area contributed by atoms with Crippen LogP contribution >= 0.6 is 35.3 Å². The Morgan fingerprint density at radius 1 is 1.34 bits per heavy atom. The zero-order valence-electron chi connectivity index (χ0n) is 19.2. The lowest BCUT2D eigenvalue weighted by Crippen LogP contribution is -2.42. The Hall–Kier alpha value is -1.95. The van der Waals surface area contributed by atoms with Crippen LogP contribution in [0.15, 0.2) is 39.0 Å². The average Bonchev–Trinajstić information content (AvgIpc) is 3.28. The van der Waals surface area contributed by atoms with Gasteiger partial charge < -0.3 is 9.32 Å². The lowest BCUT2D eigenvalue weighted by molar-refractivity contribution is -0.134. The lowest BCUT2D eigenvalue weighted by atomic mass is 10.2. The van der Waals surface area contributed by atoms with E-state index < -0.39 is 15.9 Å². The molecule has 0 aromatic carbocycles. The number of carbonyl (C=O) groups is 2. The number of thiophene rings is 1. The van der Waals surface area contributed by atoms with E-state index in [2.05, 4.69) is 6.92 Å². The third-order valence-corrected chi connectivity index (χ3v) is 10.6. The zero-order valence-corrected chi connectivity index (χ0v) is 22.5. The van der Waals surface area contributed by atoms with Gasteiger partial charge in [0.15, 0.2) is 9.84 Å². The van der Waals surface area contributed by atoms with Gasteiger partial charge in [-0.1, -0.05) is 37.0 Å². The second-order valence-electron chi connectivity index (χ2n) is 9.30. The molecule has 2 aromatic heterocycles. The van der Waals surface area contributed by atoms with Gasteiger partial charge in [0.2, 0.25) is 5.91 Å². The van der Waals surface area contributed by atoms with Crippen molar-refractivity contribution in [2.75, 3.05) is 18.1 Å². The van der Waals surface area contributed by atoms with Gasteiger partial charge in [0.25, 0.3) is 5.91 Å². The van der Waals surface area contributed by atoms with Crippen LogP contribution in [0.5, 0.6) is 0 Å². The normalized spacial score (nSPS) is 26.6. The molecule has 2 aromatic rings. The Morgan fingerprint density at radius 2 is 2.14 bits per heavy atom. The molecule has 0 N–H and O–H groups in total. The van der Waals surface area contributed by atoms with Crippen LogP contribution in [0.4, 0.5) is 0 Å². The van der Waals surface area contributed by atoms with Crippen LogP contribution in [0, 0.1) is 5.92 Å². The van der Waals surface area contributed by atoms with E-state index in [1.165, 1.54) is 28.0 Å². The predicted molar refractivity (Wildman–Crippen MR) is 142 cm³/mol. The van der Waals surface area contributed by atoms with Gasteiger partial charge in [-0.2, -0.15) is 0 Å². The minimum Gasteiger partial charge on any atom is -0.464 e. The number of carbonyl (C=O) groups excluding carboxylic acids is 2. The van der Waals surface area contributed by atoms with Crippen molar-refractivity contribution in [2.45, 2.75) is 44.7 Å².